The van der Waals surface area contributed by atoms with Crippen molar-refractivity contribution in [1.29, 1.82) is 0 Å². The number of rotatable bonds is 36. The number of primary amides is 1. The van der Waals surface area contributed by atoms with Crippen LogP contribution in [0.25, 0.3) is 67.3 Å². The number of nitrogens with one attached hydrogen (secondary N) is 5. The highest BCUT2D eigenvalue weighted by Gasteiger charge is 2.31. The van der Waals surface area contributed by atoms with E-state index < -0.39 is 30.2 Å². The molecule has 580 valence electrons. The summed E-state index contributed by atoms with van der Waals surface area (Å²) in [5.74, 6) is 1.25. The number of likely N-dealkylation sites (N-methyl/N-ethyl adjacent to an activating group) is 2. The first-order chi connectivity index (χ1) is 51.7. The molecule has 0 unspecified atom stereocenters. The van der Waals surface area contributed by atoms with E-state index in [1.165, 1.54) is 31.0 Å². The Hall–Kier alpha value is -10.2. The number of anilines is 2. The zero-order valence-corrected chi connectivity index (χ0v) is 65.4. The van der Waals surface area contributed by atoms with Crippen LogP contribution < -0.4 is 41.4 Å². The number of piperazine rings is 2. The van der Waals surface area contributed by atoms with Crippen molar-refractivity contribution >= 4 is 79.9 Å². The Kier molecular flexibility index (Phi) is 27.6. The van der Waals surface area contributed by atoms with Crippen LogP contribution in [0.2, 0.25) is 0 Å². The lowest BCUT2D eigenvalue weighted by molar-refractivity contribution is -0.146. The number of hydrogen-bond donors (Lipinski definition) is 7. The highest BCUT2D eigenvalue weighted by atomic mass is 16.5. The fourth-order valence-electron chi connectivity index (χ4n) is 13.7. The van der Waals surface area contributed by atoms with E-state index in [-0.39, 0.29) is 87.1 Å². The van der Waals surface area contributed by atoms with E-state index in [0.717, 1.165) is 131 Å². The molecule has 0 saturated carbocycles. The molecule has 6 amide bonds. The number of amides is 6. The quantitative estimate of drug-likeness (QED) is 0.0180. The van der Waals surface area contributed by atoms with Gasteiger partial charge in [-0.25, -0.2) is 15.0 Å². The van der Waals surface area contributed by atoms with Gasteiger partial charge in [0.1, 0.15) is 29.0 Å². The van der Waals surface area contributed by atoms with E-state index in [1.54, 1.807) is 6.20 Å². The Bertz CT molecular complexity index is 4400. The molecule has 8 aromatic rings. The first-order valence-electron chi connectivity index (χ1n) is 38.5. The van der Waals surface area contributed by atoms with Crippen molar-refractivity contribution in [2.75, 3.05) is 155 Å². The summed E-state index contributed by atoms with van der Waals surface area (Å²) in [5.41, 5.74) is 24.5. The lowest BCUT2D eigenvalue weighted by Crippen LogP contribution is -2.51. The zero-order valence-electron chi connectivity index (χ0n) is 65.4. The van der Waals surface area contributed by atoms with Crippen LogP contribution in [0.4, 0.5) is 11.4 Å². The number of fused-ring (bicyclic) bond motifs is 3. The van der Waals surface area contributed by atoms with Gasteiger partial charge in [0, 0.05) is 149 Å². The molecule has 0 spiro atoms. The zero-order chi connectivity index (χ0) is 77.2. The molecule has 0 aliphatic carbocycles. The van der Waals surface area contributed by atoms with Crippen molar-refractivity contribution in [3.8, 4) is 45.7 Å². The lowest BCUT2D eigenvalue weighted by atomic mass is 9.78. The number of carbonyl (C=O) groups is 6. The van der Waals surface area contributed by atoms with E-state index in [4.69, 9.17) is 35.9 Å². The van der Waals surface area contributed by atoms with E-state index in [0.29, 0.717) is 76.3 Å². The van der Waals surface area contributed by atoms with Crippen molar-refractivity contribution in [1.82, 2.24) is 69.9 Å². The molecule has 108 heavy (non-hydrogen) atoms. The maximum atomic E-state index is 14.1. The second-order valence-corrected chi connectivity index (χ2v) is 30.8. The van der Waals surface area contributed by atoms with Gasteiger partial charge >= 0.3 is 0 Å². The topological polar surface area (TPSA) is 309 Å². The van der Waals surface area contributed by atoms with Crippen LogP contribution in [0.1, 0.15) is 125 Å². The van der Waals surface area contributed by atoms with Crippen LogP contribution in [-0.4, -0.2) is 240 Å². The number of H-pyrrole nitrogens is 3. The molecular formula is C82H114N18O8. The normalized spacial score (nSPS) is 14.0. The predicted molar refractivity (Wildman–Crippen MR) is 429 cm³/mol. The molecule has 2 saturated heterocycles. The summed E-state index contributed by atoms with van der Waals surface area (Å²) in [7, 11) is 4.32. The van der Waals surface area contributed by atoms with Gasteiger partial charge in [0.25, 0.3) is 0 Å². The monoisotopic (exact) mass is 1480 g/mol. The van der Waals surface area contributed by atoms with E-state index in [2.05, 4.69) is 155 Å². The fraction of sp³-hybridized carbons (Fsp3) is 0.500. The summed E-state index contributed by atoms with van der Waals surface area (Å²) < 4.78 is 12.8. The molecule has 5 aromatic carbocycles. The summed E-state index contributed by atoms with van der Waals surface area (Å²) in [4.78, 5) is 122. The van der Waals surface area contributed by atoms with Crippen LogP contribution in [0.15, 0.2) is 103 Å². The standard InChI is InChI=1S/C82H114N18O8/c1-12-31-97(73(103)22-17-42-107-62-20-15-19-56(44-62)78-87-65-26-23-57(47-68(65)90-78)79-88-66-27-24-60(48-69(66)91-79)95-38-34-93(10)35-39-95)53-74(104)98(32-13-2)54-75(105)99(33-14-3)55-76(106)100(52-71(84)101)51-59(83)50-85-29-18-30-86-72(102)21-16-43-108-77-63(81(4,5)6)45-58(46-64(77)82(7,8)9)80-89-67-28-25-61(49-70(67)92-80)96-40-36-94(11)37-41-96/h15,19-20,23-28,44-50,85H,12-14,16-18,21-22,29-43,51-55,83H2,1-11H3,(H2,84,101)(H,86,102)(H,87,90)(H,88,91)(H,89,92)/b59-50-. The Morgan fingerprint density at radius 2 is 1.00 bits per heavy atom. The number of ether oxygens (including phenoxy) is 2. The van der Waals surface area contributed by atoms with Crippen molar-refractivity contribution in [2.45, 2.75) is 125 Å². The Morgan fingerprint density at radius 3 is 1.58 bits per heavy atom. The minimum absolute atomic E-state index is 0.0937. The fourth-order valence-corrected chi connectivity index (χ4v) is 13.7. The second-order valence-electron chi connectivity index (χ2n) is 30.8. The third kappa shape index (κ3) is 21.8. The Labute approximate surface area is 635 Å². The molecule has 2 aliphatic heterocycles. The molecular weight excluding hydrogens is 1370 g/mol. The molecule has 26 heteroatoms. The number of hydrogen-bond acceptors (Lipinski definition) is 17. The molecule has 9 N–H and O–H groups in total. The number of imidazole rings is 3. The van der Waals surface area contributed by atoms with Crippen LogP contribution in [0.5, 0.6) is 11.5 Å². The summed E-state index contributed by atoms with van der Waals surface area (Å²) in [6, 6.07) is 31.0. The maximum Gasteiger partial charge on any atom is 0.243 e. The third-order valence-corrected chi connectivity index (χ3v) is 19.8. The smallest absolute Gasteiger partial charge is 0.243 e. The van der Waals surface area contributed by atoms with Crippen molar-refractivity contribution in [3.63, 3.8) is 0 Å². The Balaban J connectivity index is 0.645. The largest absolute Gasteiger partial charge is 0.494 e. The minimum atomic E-state index is -0.762. The average molecular weight is 1480 g/mol. The van der Waals surface area contributed by atoms with Gasteiger partial charge < -0.3 is 85.7 Å². The van der Waals surface area contributed by atoms with Crippen molar-refractivity contribution < 1.29 is 38.2 Å². The van der Waals surface area contributed by atoms with Crippen LogP contribution in [0, 0.1) is 0 Å². The molecule has 0 atom stereocenters. The summed E-state index contributed by atoms with van der Waals surface area (Å²) in [6.07, 6.45) is 5.10. The molecule has 5 heterocycles. The average Bonchev–Trinajstić information content (AvgIpc) is 1.36. The maximum absolute atomic E-state index is 14.1. The summed E-state index contributed by atoms with van der Waals surface area (Å²) in [6.45, 7) is 27.6. The second kappa shape index (κ2) is 37.1. The third-order valence-electron chi connectivity index (χ3n) is 19.8. The van der Waals surface area contributed by atoms with Gasteiger partial charge in [-0.3, -0.25) is 28.8 Å². The number of aromatic nitrogens is 6. The van der Waals surface area contributed by atoms with Gasteiger partial charge in [-0.2, -0.15) is 0 Å². The van der Waals surface area contributed by atoms with Crippen molar-refractivity contribution in [2.24, 2.45) is 11.5 Å². The van der Waals surface area contributed by atoms with Crippen LogP contribution in [0.3, 0.4) is 0 Å². The first-order valence-corrected chi connectivity index (χ1v) is 38.5. The molecule has 0 bridgehead atoms. The van der Waals surface area contributed by atoms with Gasteiger partial charge in [-0.15, -0.1) is 0 Å². The number of benzene rings is 5. The van der Waals surface area contributed by atoms with Gasteiger partial charge in [-0.1, -0.05) is 74.4 Å². The van der Waals surface area contributed by atoms with Gasteiger partial charge in [0.15, 0.2) is 0 Å². The summed E-state index contributed by atoms with van der Waals surface area (Å²) in [5, 5.41) is 6.13. The van der Waals surface area contributed by atoms with E-state index in [1.807, 2.05) is 57.2 Å². The molecule has 10 rings (SSSR count). The lowest BCUT2D eigenvalue weighted by Gasteiger charge is -2.34. The molecule has 3 aromatic heterocycles. The first kappa shape index (κ1) is 80.3. The van der Waals surface area contributed by atoms with Crippen LogP contribution >= 0.6 is 0 Å². The molecule has 0 radical (unpaired) electrons. The highest BCUT2D eigenvalue weighted by Crippen LogP contribution is 2.43. The van der Waals surface area contributed by atoms with Crippen LogP contribution in [-0.2, 0) is 39.6 Å². The highest BCUT2D eigenvalue weighted by molar-refractivity contribution is 5.92. The van der Waals surface area contributed by atoms with Gasteiger partial charge in [0.2, 0.25) is 35.4 Å². The summed E-state index contributed by atoms with van der Waals surface area (Å²) >= 11 is 0. The molecule has 26 nitrogen and oxygen atoms in total. The number of nitrogens with zero attached hydrogens (tertiary/aromatic N) is 11. The number of aromatic amines is 3. The van der Waals surface area contributed by atoms with E-state index in [9.17, 15) is 28.8 Å². The minimum Gasteiger partial charge on any atom is -0.494 e. The van der Waals surface area contributed by atoms with Gasteiger partial charge in [-0.05, 0) is 142 Å². The Morgan fingerprint density at radius 1 is 0.500 bits per heavy atom. The van der Waals surface area contributed by atoms with Gasteiger partial charge in [0.05, 0.1) is 79.0 Å². The number of carbonyl (C=O) groups excluding carboxylic acids is 6. The number of nitrogens with two attached hydrogens (primary N) is 2. The predicted octanol–water partition coefficient (Wildman–Crippen LogP) is 9.36. The van der Waals surface area contributed by atoms with E-state index >= 15 is 0 Å². The molecule has 2 fully saturated rings. The molecule has 2 aliphatic rings. The SMILES string of the molecule is CCCN(CC(=O)N(CCC)CC(=O)N(CCC)CC(=O)N(CC(N)=O)C/C(N)=C/NCCCNC(=O)CCCOc1c(C(C)(C)C)cc(-c2nc3cc(N4CCN(C)CC4)ccc3[nH]2)cc1C(C)(C)C)C(=O)CCCOc1cccc(-c2nc3ccc(-c4nc5ccc(N6CCN(C)CC6)cc5[nH]4)cc3[nH]2)c1. The van der Waals surface area contributed by atoms with Crippen molar-refractivity contribution in [3.05, 3.63) is 114 Å².